The maximum Gasteiger partial charge on any atom is 0.274 e. The summed E-state index contributed by atoms with van der Waals surface area (Å²) < 4.78 is 0. The van der Waals surface area contributed by atoms with Crippen molar-refractivity contribution in [3.63, 3.8) is 0 Å². The lowest BCUT2D eigenvalue weighted by atomic mass is 10.1. The van der Waals surface area contributed by atoms with Gasteiger partial charge in [-0.3, -0.25) is 10.1 Å². The highest BCUT2D eigenvalue weighted by atomic mass is 16.6. The Labute approximate surface area is 131 Å². The van der Waals surface area contributed by atoms with Crippen molar-refractivity contribution in [2.24, 2.45) is 0 Å². The quantitative estimate of drug-likeness (QED) is 0.573. The number of nitro groups is 1. The topological polar surface area (TPSA) is 101 Å². The van der Waals surface area contributed by atoms with Crippen LogP contribution < -0.4 is 4.90 Å². The van der Waals surface area contributed by atoms with Gasteiger partial charge in [-0.2, -0.15) is 0 Å². The van der Waals surface area contributed by atoms with Crippen molar-refractivity contribution in [2.75, 3.05) is 4.90 Å². The highest BCUT2D eigenvalue weighted by Crippen LogP contribution is 2.35. The highest BCUT2D eigenvalue weighted by Gasteiger charge is 2.32. The van der Waals surface area contributed by atoms with Crippen molar-refractivity contribution >= 4 is 22.7 Å². The highest BCUT2D eigenvalue weighted by molar-refractivity contribution is 5.83. The number of aromatic nitrogens is 4. The lowest BCUT2D eigenvalue weighted by molar-refractivity contribution is -0.385. The Hall–Kier alpha value is -3.03. The molecule has 8 nitrogen and oxygen atoms in total. The van der Waals surface area contributed by atoms with Crippen LogP contribution in [0.15, 0.2) is 36.9 Å². The lowest BCUT2D eigenvalue weighted by Crippen LogP contribution is -2.26. The average molecular weight is 310 g/mol. The van der Waals surface area contributed by atoms with E-state index in [1.54, 1.807) is 18.5 Å². The number of nitro benzene ring substituents is 1. The van der Waals surface area contributed by atoms with Crippen LogP contribution in [0.3, 0.4) is 0 Å². The van der Waals surface area contributed by atoms with E-state index in [0.29, 0.717) is 23.8 Å². The zero-order valence-electron chi connectivity index (χ0n) is 12.2. The molecular weight excluding hydrogens is 296 g/mol. The molecule has 3 aromatic rings. The number of anilines is 1. The molecule has 1 aliphatic rings. The summed E-state index contributed by atoms with van der Waals surface area (Å²) in [6, 6.07) is 7.17. The number of aromatic amines is 1. The Bertz CT molecular complexity index is 873. The summed E-state index contributed by atoms with van der Waals surface area (Å²) in [5.41, 5.74) is 2.17. The third kappa shape index (κ3) is 2.48. The van der Waals surface area contributed by atoms with Crippen LogP contribution in [0.1, 0.15) is 18.4 Å². The van der Waals surface area contributed by atoms with E-state index in [9.17, 15) is 10.1 Å². The molecule has 8 heteroatoms. The summed E-state index contributed by atoms with van der Waals surface area (Å²) in [5.74, 6) is 0.744. The second-order valence-electron chi connectivity index (χ2n) is 5.54. The van der Waals surface area contributed by atoms with Gasteiger partial charge in [-0.15, -0.1) is 0 Å². The smallest absolute Gasteiger partial charge is 0.274 e. The van der Waals surface area contributed by atoms with Crippen LogP contribution in [-0.4, -0.2) is 30.9 Å². The van der Waals surface area contributed by atoms with Crippen molar-refractivity contribution in [3.05, 3.63) is 52.6 Å². The SMILES string of the molecule is O=[N+]([O-])c1ccccc1CN(c1ncnc2nc[nH]c12)C1CC1. The van der Waals surface area contributed by atoms with Gasteiger partial charge in [0.2, 0.25) is 0 Å². The lowest BCUT2D eigenvalue weighted by Gasteiger charge is -2.23. The molecule has 0 amide bonds. The zero-order valence-corrected chi connectivity index (χ0v) is 12.2. The van der Waals surface area contributed by atoms with Crippen molar-refractivity contribution < 1.29 is 4.92 Å². The Kier molecular flexibility index (Phi) is 3.14. The van der Waals surface area contributed by atoms with E-state index in [-0.39, 0.29) is 10.6 Å². The zero-order chi connectivity index (χ0) is 15.8. The average Bonchev–Trinajstić information content (AvgIpc) is 3.28. The van der Waals surface area contributed by atoms with Crippen LogP contribution in [0.2, 0.25) is 0 Å². The molecule has 1 aliphatic carbocycles. The fraction of sp³-hybridized carbons (Fsp3) is 0.267. The van der Waals surface area contributed by atoms with Gasteiger partial charge in [-0.05, 0) is 12.8 Å². The summed E-state index contributed by atoms with van der Waals surface area (Å²) in [6.07, 6.45) is 5.17. The minimum absolute atomic E-state index is 0.132. The second kappa shape index (κ2) is 5.31. The molecule has 2 heterocycles. The maximum absolute atomic E-state index is 11.2. The number of benzene rings is 1. The van der Waals surface area contributed by atoms with Crippen LogP contribution in [0, 0.1) is 10.1 Å². The van der Waals surface area contributed by atoms with Gasteiger partial charge in [0.25, 0.3) is 5.69 Å². The largest absolute Gasteiger partial charge is 0.347 e. The molecule has 0 aliphatic heterocycles. The number of imidazole rings is 1. The molecule has 0 radical (unpaired) electrons. The molecule has 0 saturated heterocycles. The van der Waals surface area contributed by atoms with Gasteiger partial charge in [0.15, 0.2) is 11.5 Å². The fourth-order valence-corrected chi connectivity index (χ4v) is 2.74. The third-order valence-electron chi connectivity index (χ3n) is 3.99. The van der Waals surface area contributed by atoms with Crippen LogP contribution in [0.4, 0.5) is 11.5 Å². The van der Waals surface area contributed by atoms with E-state index in [1.165, 1.54) is 12.4 Å². The molecule has 23 heavy (non-hydrogen) atoms. The molecular formula is C15H14N6O2. The van der Waals surface area contributed by atoms with Crippen LogP contribution in [0.25, 0.3) is 11.2 Å². The molecule has 0 unspecified atom stereocenters. The summed E-state index contributed by atoms with van der Waals surface area (Å²) in [6.45, 7) is 0.437. The predicted molar refractivity (Wildman–Crippen MR) is 84.0 cm³/mol. The summed E-state index contributed by atoms with van der Waals surface area (Å²) in [5, 5.41) is 11.2. The fourth-order valence-electron chi connectivity index (χ4n) is 2.74. The van der Waals surface area contributed by atoms with Crippen molar-refractivity contribution in [1.82, 2.24) is 19.9 Å². The number of nitrogens with one attached hydrogen (secondary N) is 1. The number of H-pyrrole nitrogens is 1. The number of hydrogen-bond acceptors (Lipinski definition) is 6. The summed E-state index contributed by atoms with van der Waals surface area (Å²) in [7, 11) is 0. The first-order valence-corrected chi connectivity index (χ1v) is 7.37. The molecule has 1 aromatic carbocycles. The van der Waals surface area contributed by atoms with Crippen LogP contribution in [0.5, 0.6) is 0 Å². The monoisotopic (exact) mass is 310 g/mol. The van der Waals surface area contributed by atoms with E-state index in [1.807, 2.05) is 6.07 Å². The number of rotatable bonds is 5. The van der Waals surface area contributed by atoms with E-state index in [2.05, 4.69) is 24.8 Å². The minimum Gasteiger partial charge on any atom is -0.347 e. The maximum atomic E-state index is 11.2. The second-order valence-corrected chi connectivity index (χ2v) is 5.54. The van der Waals surface area contributed by atoms with Gasteiger partial charge >= 0.3 is 0 Å². The first kappa shape index (κ1) is 13.6. The molecule has 0 atom stereocenters. The van der Waals surface area contributed by atoms with Crippen molar-refractivity contribution in [3.8, 4) is 0 Å². The van der Waals surface area contributed by atoms with Gasteiger partial charge < -0.3 is 9.88 Å². The number of fused-ring (bicyclic) bond motifs is 1. The third-order valence-corrected chi connectivity index (χ3v) is 3.99. The number of hydrogen-bond donors (Lipinski definition) is 1. The summed E-state index contributed by atoms with van der Waals surface area (Å²) in [4.78, 5) is 28.7. The van der Waals surface area contributed by atoms with E-state index in [4.69, 9.17) is 0 Å². The Morgan fingerprint density at radius 2 is 2.09 bits per heavy atom. The molecule has 1 fully saturated rings. The number of para-hydroxylation sites is 1. The van der Waals surface area contributed by atoms with Gasteiger partial charge in [0, 0.05) is 17.7 Å². The predicted octanol–water partition coefficient (Wildman–Crippen LogP) is 2.43. The molecule has 2 aromatic heterocycles. The molecule has 0 spiro atoms. The minimum atomic E-state index is -0.341. The normalized spacial score (nSPS) is 14.1. The first-order valence-electron chi connectivity index (χ1n) is 7.37. The van der Waals surface area contributed by atoms with Crippen LogP contribution in [-0.2, 0) is 6.54 Å². The van der Waals surface area contributed by atoms with E-state index >= 15 is 0 Å². The Morgan fingerprint density at radius 3 is 2.87 bits per heavy atom. The summed E-state index contributed by atoms with van der Waals surface area (Å²) >= 11 is 0. The molecule has 4 rings (SSSR count). The molecule has 0 bridgehead atoms. The van der Waals surface area contributed by atoms with E-state index < -0.39 is 0 Å². The van der Waals surface area contributed by atoms with Gasteiger partial charge in [0.05, 0.1) is 17.8 Å². The molecule has 116 valence electrons. The van der Waals surface area contributed by atoms with Crippen molar-refractivity contribution in [1.29, 1.82) is 0 Å². The first-order chi connectivity index (χ1) is 11.2. The molecule has 1 saturated carbocycles. The van der Waals surface area contributed by atoms with E-state index in [0.717, 1.165) is 24.2 Å². The van der Waals surface area contributed by atoms with Crippen LogP contribution >= 0.6 is 0 Å². The molecule has 1 N–H and O–H groups in total. The van der Waals surface area contributed by atoms with Gasteiger partial charge in [-0.1, -0.05) is 18.2 Å². The number of nitrogens with zero attached hydrogens (tertiary/aromatic N) is 5. The van der Waals surface area contributed by atoms with Gasteiger partial charge in [-0.25, -0.2) is 15.0 Å². The van der Waals surface area contributed by atoms with Crippen molar-refractivity contribution in [2.45, 2.75) is 25.4 Å². The Morgan fingerprint density at radius 1 is 1.26 bits per heavy atom. The van der Waals surface area contributed by atoms with Gasteiger partial charge in [0.1, 0.15) is 11.8 Å². The standard InChI is InChI=1S/C15H14N6O2/c22-21(23)12-4-2-1-3-10(12)7-20(11-5-6-11)15-13-14(17-8-16-13)18-9-19-15/h1-4,8-9,11H,5-7H2,(H,16,17,18,19). The Balaban J connectivity index is 1.75.